The molecule has 0 aliphatic carbocycles. The number of nitrogens with zero attached hydrogens (tertiary/aromatic N) is 1. The standard InChI is InChI=1S/C15H21IN2O4S/c1-22-15(19)18-8-4-7-13(17-23(2,20)21)14(18)10-11-5-3-6-12(16)9-11/h3,5-6,9,13-14,17H,4,7-8,10H2,1-2H3/t13-,14-/m0/s1. The summed E-state index contributed by atoms with van der Waals surface area (Å²) < 4.78 is 31.9. The van der Waals surface area contributed by atoms with E-state index in [9.17, 15) is 13.2 Å². The third-order valence-electron chi connectivity index (χ3n) is 3.89. The van der Waals surface area contributed by atoms with E-state index in [-0.39, 0.29) is 12.1 Å². The zero-order valence-electron chi connectivity index (χ0n) is 13.2. The van der Waals surface area contributed by atoms with Crippen LogP contribution in [-0.2, 0) is 21.2 Å². The number of methoxy groups -OCH3 is 1. The fraction of sp³-hybridized carbons (Fsp3) is 0.533. The van der Waals surface area contributed by atoms with Crippen LogP contribution in [0, 0.1) is 3.57 Å². The Morgan fingerprint density at radius 2 is 2.22 bits per heavy atom. The molecule has 2 atom stereocenters. The second-order valence-corrected chi connectivity index (χ2v) is 8.73. The average molecular weight is 452 g/mol. The van der Waals surface area contributed by atoms with Crippen LogP contribution in [0.2, 0.25) is 0 Å². The number of nitrogens with one attached hydrogen (secondary N) is 1. The number of amides is 1. The first kappa shape index (κ1) is 18.5. The van der Waals surface area contributed by atoms with Gasteiger partial charge in [0.25, 0.3) is 0 Å². The smallest absolute Gasteiger partial charge is 0.409 e. The SMILES string of the molecule is COC(=O)N1CCC[C@H](NS(C)(=O)=O)[C@@H]1Cc1cccc(I)c1. The number of rotatable bonds is 4. The van der Waals surface area contributed by atoms with Gasteiger partial charge in [-0.2, -0.15) is 0 Å². The molecule has 23 heavy (non-hydrogen) atoms. The summed E-state index contributed by atoms with van der Waals surface area (Å²) in [4.78, 5) is 13.7. The second kappa shape index (κ2) is 7.80. The second-order valence-electron chi connectivity index (χ2n) is 5.70. The van der Waals surface area contributed by atoms with Crippen molar-refractivity contribution in [3.05, 3.63) is 33.4 Å². The van der Waals surface area contributed by atoms with Crippen molar-refractivity contribution in [2.45, 2.75) is 31.3 Å². The lowest BCUT2D eigenvalue weighted by Crippen LogP contribution is -2.57. The maximum atomic E-state index is 12.1. The number of likely N-dealkylation sites (tertiary alicyclic amines) is 1. The lowest BCUT2D eigenvalue weighted by Gasteiger charge is -2.40. The van der Waals surface area contributed by atoms with E-state index in [4.69, 9.17) is 4.74 Å². The van der Waals surface area contributed by atoms with Gasteiger partial charge in [0.05, 0.1) is 19.4 Å². The van der Waals surface area contributed by atoms with E-state index in [0.29, 0.717) is 19.4 Å². The van der Waals surface area contributed by atoms with Crippen molar-refractivity contribution in [1.82, 2.24) is 9.62 Å². The summed E-state index contributed by atoms with van der Waals surface area (Å²) in [5.74, 6) is 0. The van der Waals surface area contributed by atoms with Gasteiger partial charge in [-0.25, -0.2) is 17.9 Å². The van der Waals surface area contributed by atoms with Crippen LogP contribution in [0.5, 0.6) is 0 Å². The van der Waals surface area contributed by atoms with E-state index in [1.807, 2.05) is 24.3 Å². The van der Waals surface area contributed by atoms with Gasteiger partial charge in [0, 0.05) is 16.2 Å². The molecule has 6 nitrogen and oxygen atoms in total. The molecule has 1 aromatic carbocycles. The van der Waals surface area contributed by atoms with Crippen LogP contribution in [-0.4, -0.2) is 51.4 Å². The van der Waals surface area contributed by atoms with Crippen LogP contribution < -0.4 is 4.72 Å². The van der Waals surface area contributed by atoms with Crippen molar-refractivity contribution in [2.24, 2.45) is 0 Å². The molecule has 1 aromatic rings. The number of ether oxygens (including phenoxy) is 1. The monoisotopic (exact) mass is 452 g/mol. The van der Waals surface area contributed by atoms with E-state index in [2.05, 4.69) is 27.3 Å². The van der Waals surface area contributed by atoms with Crippen LogP contribution >= 0.6 is 22.6 Å². The lowest BCUT2D eigenvalue weighted by atomic mass is 9.92. The van der Waals surface area contributed by atoms with Crippen LogP contribution in [0.15, 0.2) is 24.3 Å². The van der Waals surface area contributed by atoms with E-state index < -0.39 is 16.1 Å². The van der Waals surface area contributed by atoms with Gasteiger partial charge in [-0.05, 0) is 59.5 Å². The first-order valence-electron chi connectivity index (χ1n) is 7.36. The fourth-order valence-electron chi connectivity index (χ4n) is 2.97. The van der Waals surface area contributed by atoms with Crippen molar-refractivity contribution < 1.29 is 17.9 Å². The minimum absolute atomic E-state index is 0.260. The molecule has 1 saturated heterocycles. The summed E-state index contributed by atoms with van der Waals surface area (Å²) >= 11 is 2.24. The maximum absolute atomic E-state index is 12.1. The number of sulfonamides is 1. The fourth-order valence-corrected chi connectivity index (χ4v) is 4.40. The van der Waals surface area contributed by atoms with Crippen molar-refractivity contribution >= 4 is 38.7 Å². The zero-order chi connectivity index (χ0) is 17.0. The molecule has 1 heterocycles. The maximum Gasteiger partial charge on any atom is 0.409 e. The molecule has 8 heteroatoms. The quantitative estimate of drug-likeness (QED) is 0.710. The number of halogens is 1. The topological polar surface area (TPSA) is 75.7 Å². The van der Waals surface area contributed by atoms with Gasteiger partial charge in [0.15, 0.2) is 0 Å². The van der Waals surface area contributed by atoms with Gasteiger partial charge in [-0.15, -0.1) is 0 Å². The Morgan fingerprint density at radius 1 is 1.48 bits per heavy atom. The summed E-state index contributed by atoms with van der Waals surface area (Å²) in [5, 5.41) is 0. The predicted octanol–water partition coefficient (Wildman–Crippen LogP) is 1.98. The first-order chi connectivity index (χ1) is 10.8. The molecule has 1 aliphatic rings. The van der Waals surface area contributed by atoms with Gasteiger partial charge < -0.3 is 9.64 Å². The lowest BCUT2D eigenvalue weighted by molar-refractivity contribution is 0.0792. The minimum atomic E-state index is -3.34. The number of carbonyl (C=O) groups is 1. The highest BCUT2D eigenvalue weighted by Gasteiger charge is 2.36. The Bertz CT molecular complexity index is 665. The molecule has 0 radical (unpaired) electrons. The van der Waals surface area contributed by atoms with Gasteiger partial charge in [0.2, 0.25) is 10.0 Å². The molecule has 1 fully saturated rings. The highest BCUT2D eigenvalue weighted by molar-refractivity contribution is 14.1. The summed E-state index contributed by atoms with van der Waals surface area (Å²) in [5.41, 5.74) is 1.07. The predicted molar refractivity (Wildman–Crippen MR) is 96.8 cm³/mol. The zero-order valence-corrected chi connectivity index (χ0v) is 16.1. The molecular formula is C15H21IN2O4S. The van der Waals surface area contributed by atoms with Crippen LogP contribution in [0.25, 0.3) is 0 Å². The van der Waals surface area contributed by atoms with Crippen molar-refractivity contribution in [3.63, 3.8) is 0 Å². The van der Waals surface area contributed by atoms with Crippen LogP contribution in [0.3, 0.4) is 0 Å². The number of carbonyl (C=O) groups excluding carboxylic acids is 1. The molecule has 0 bridgehead atoms. The van der Waals surface area contributed by atoms with Gasteiger partial charge >= 0.3 is 6.09 Å². The molecule has 128 valence electrons. The van der Waals surface area contributed by atoms with Gasteiger partial charge in [-0.1, -0.05) is 12.1 Å². The summed E-state index contributed by atoms with van der Waals surface area (Å²) in [6.07, 6.45) is 2.76. The van der Waals surface area contributed by atoms with Crippen molar-refractivity contribution in [2.75, 3.05) is 19.9 Å². The Balaban J connectivity index is 2.28. The van der Waals surface area contributed by atoms with Crippen molar-refractivity contribution in [1.29, 1.82) is 0 Å². The average Bonchev–Trinajstić information content (AvgIpc) is 2.47. The molecular weight excluding hydrogens is 431 g/mol. The molecule has 2 rings (SSSR count). The highest BCUT2D eigenvalue weighted by Crippen LogP contribution is 2.23. The number of hydrogen-bond acceptors (Lipinski definition) is 4. The summed E-state index contributed by atoms with van der Waals surface area (Å²) in [7, 11) is -2.00. The molecule has 0 spiro atoms. The van der Waals surface area contributed by atoms with Crippen molar-refractivity contribution in [3.8, 4) is 0 Å². The summed E-state index contributed by atoms with van der Waals surface area (Å²) in [6.45, 7) is 0.573. The molecule has 1 aliphatic heterocycles. The Morgan fingerprint density at radius 3 is 2.83 bits per heavy atom. The summed E-state index contributed by atoms with van der Waals surface area (Å²) in [6, 6.07) is 7.42. The van der Waals surface area contributed by atoms with Crippen LogP contribution in [0.4, 0.5) is 4.79 Å². The van der Waals surface area contributed by atoms with Gasteiger partial charge in [0.1, 0.15) is 0 Å². The Labute approximate surface area is 150 Å². The molecule has 1 amide bonds. The number of piperidine rings is 1. The largest absolute Gasteiger partial charge is 0.453 e. The number of hydrogen-bond donors (Lipinski definition) is 1. The number of benzene rings is 1. The Hall–Kier alpha value is -0.870. The van der Waals surface area contributed by atoms with Crippen LogP contribution in [0.1, 0.15) is 18.4 Å². The highest BCUT2D eigenvalue weighted by atomic mass is 127. The normalized spacial score (nSPS) is 22.0. The van der Waals surface area contributed by atoms with E-state index in [1.54, 1.807) is 4.90 Å². The molecule has 1 N–H and O–H groups in total. The third-order valence-corrected chi connectivity index (χ3v) is 5.29. The van der Waals surface area contributed by atoms with Gasteiger partial charge in [-0.3, -0.25) is 0 Å². The van der Waals surface area contributed by atoms with E-state index >= 15 is 0 Å². The third kappa shape index (κ3) is 5.32. The molecule has 0 saturated carbocycles. The first-order valence-corrected chi connectivity index (χ1v) is 10.3. The molecule has 0 unspecified atom stereocenters. The van der Waals surface area contributed by atoms with E-state index in [1.165, 1.54) is 7.11 Å². The van der Waals surface area contributed by atoms with E-state index in [0.717, 1.165) is 21.8 Å². The minimum Gasteiger partial charge on any atom is -0.453 e. The Kier molecular flexibility index (Phi) is 6.26. The molecule has 0 aromatic heterocycles.